The summed E-state index contributed by atoms with van der Waals surface area (Å²) in [5.41, 5.74) is 0.634. The Labute approximate surface area is 105 Å². The molecule has 0 radical (unpaired) electrons. The van der Waals surface area contributed by atoms with E-state index < -0.39 is 0 Å². The molecule has 0 N–H and O–H groups in total. The quantitative estimate of drug-likeness (QED) is 0.455. The molecule has 0 fully saturated rings. The van der Waals surface area contributed by atoms with Crippen LogP contribution in [0, 0.1) is 0 Å². The average molecular weight is 285 g/mol. The van der Waals surface area contributed by atoms with Crippen LogP contribution in [0.2, 0.25) is 0 Å². The van der Waals surface area contributed by atoms with Gasteiger partial charge in [0, 0.05) is 6.54 Å². The summed E-state index contributed by atoms with van der Waals surface area (Å²) in [6.45, 7) is 4.81. The Kier molecular flexibility index (Phi) is 5.46. The van der Waals surface area contributed by atoms with Gasteiger partial charge in [0.1, 0.15) is 5.69 Å². The topological polar surface area (TPSA) is 34.9 Å². The molecule has 0 aromatic carbocycles. The lowest BCUT2D eigenvalue weighted by Crippen LogP contribution is -2.07. The second kappa shape index (κ2) is 6.63. The first-order valence-electron chi connectivity index (χ1n) is 5.62. The van der Waals surface area contributed by atoms with E-state index in [0.29, 0.717) is 12.2 Å². The fourth-order valence-electron chi connectivity index (χ4n) is 1.44. The Morgan fingerprint density at radius 3 is 2.94 bits per heavy atom. The van der Waals surface area contributed by atoms with E-state index in [1.807, 2.05) is 13.0 Å². The molecule has 0 atom stereocenters. The number of unbranched alkanes of at least 4 members (excludes halogenated alkanes) is 2. The van der Waals surface area contributed by atoms with Crippen molar-refractivity contribution in [2.75, 3.05) is 0 Å². The van der Waals surface area contributed by atoms with E-state index in [9.17, 15) is 4.79 Å². The summed E-state index contributed by atoms with van der Waals surface area (Å²) >= 11 is 3.34. The predicted octanol–water partition coefficient (Wildman–Crippen LogP) is 3.59. The van der Waals surface area contributed by atoms with Gasteiger partial charge in [0.2, 0.25) is 5.78 Å². The van der Waals surface area contributed by atoms with Gasteiger partial charge < -0.3 is 0 Å². The molecule has 0 saturated heterocycles. The number of rotatable bonds is 6. The number of ketones is 1. The molecule has 0 amide bonds. The van der Waals surface area contributed by atoms with Gasteiger partial charge >= 0.3 is 0 Å². The Bertz CT molecular complexity index is 382. The summed E-state index contributed by atoms with van der Waals surface area (Å²) in [7, 11) is 0. The molecule has 3 nitrogen and oxygen atoms in total. The minimum absolute atomic E-state index is 0.0160. The molecule has 88 valence electrons. The number of aryl methyl sites for hydroxylation is 1. The highest BCUT2D eigenvalue weighted by atomic mass is 79.9. The third-order valence-corrected chi connectivity index (χ3v) is 2.90. The van der Waals surface area contributed by atoms with Gasteiger partial charge in [-0.25, -0.2) is 0 Å². The summed E-state index contributed by atoms with van der Waals surface area (Å²) in [6, 6.07) is 0. The summed E-state index contributed by atoms with van der Waals surface area (Å²) in [5, 5.41) is 4.11. The van der Waals surface area contributed by atoms with Crippen molar-refractivity contribution in [3.05, 3.63) is 28.5 Å². The highest BCUT2D eigenvalue weighted by molar-refractivity contribution is 9.10. The predicted molar refractivity (Wildman–Crippen MR) is 68.6 cm³/mol. The molecule has 0 saturated carbocycles. The first kappa shape index (κ1) is 13.2. The zero-order valence-electron chi connectivity index (χ0n) is 9.74. The van der Waals surface area contributed by atoms with E-state index in [4.69, 9.17) is 0 Å². The van der Waals surface area contributed by atoms with Gasteiger partial charge in [0.25, 0.3) is 0 Å². The van der Waals surface area contributed by atoms with Crippen molar-refractivity contribution >= 4 is 21.7 Å². The molecule has 0 aliphatic heterocycles. The van der Waals surface area contributed by atoms with Crippen LogP contribution in [0.4, 0.5) is 0 Å². The lowest BCUT2D eigenvalue weighted by molar-refractivity contribution is 0.103. The highest BCUT2D eigenvalue weighted by Gasteiger charge is 2.13. The molecule has 4 heteroatoms. The summed E-state index contributed by atoms with van der Waals surface area (Å²) in [5.74, 6) is 0.0160. The standard InChI is InChI=1S/C12H17BrN2O/c1-3-5-6-7-8-11(16)12-10(13)9-14-15(12)4-2/h7-9H,3-6H2,1-2H3/b8-7+. The van der Waals surface area contributed by atoms with E-state index >= 15 is 0 Å². The van der Waals surface area contributed by atoms with Crippen LogP contribution < -0.4 is 0 Å². The zero-order valence-corrected chi connectivity index (χ0v) is 11.3. The van der Waals surface area contributed by atoms with Crippen molar-refractivity contribution in [1.82, 2.24) is 9.78 Å². The van der Waals surface area contributed by atoms with Crippen molar-refractivity contribution in [1.29, 1.82) is 0 Å². The largest absolute Gasteiger partial charge is 0.288 e. The Hall–Kier alpha value is -0.900. The minimum Gasteiger partial charge on any atom is -0.288 e. The minimum atomic E-state index is 0.0160. The Morgan fingerprint density at radius 2 is 2.31 bits per heavy atom. The number of carbonyl (C=O) groups excluding carboxylic acids is 1. The highest BCUT2D eigenvalue weighted by Crippen LogP contribution is 2.17. The smallest absolute Gasteiger partial charge is 0.204 e. The van der Waals surface area contributed by atoms with Gasteiger partial charge in [-0.05, 0) is 35.4 Å². The van der Waals surface area contributed by atoms with E-state index in [1.165, 1.54) is 0 Å². The fourth-order valence-corrected chi connectivity index (χ4v) is 1.93. The maximum absolute atomic E-state index is 11.9. The lowest BCUT2D eigenvalue weighted by Gasteiger charge is -2.01. The normalized spacial score (nSPS) is 11.2. The fraction of sp³-hybridized carbons (Fsp3) is 0.500. The SMILES string of the molecule is CCCC/C=C/C(=O)c1c(Br)cnn1CC. The number of hydrogen-bond donors (Lipinski definition) is 0. The van der Waals surface area contributed by atoms with Gasteiger partial charge in [-0.15, -0.1) is 0 Å². The molecule has 0 bridgehead atoms. The molecule has 1 aromatic heterocycles. The second-order valence-corrected chi connectivity index (χ2v) is 4.42. The summed E-state index contributed by atoms with van der Waals surface area (Å²) in [6.07, 6.45) is 8.47. The van der Waals surface area contributed by atoms with Gasteiger partial charge in [0.15, 0.2) is 0 Å². The maximum atomic E-state index is 11.9. The first-order valence-corrected chi connectivity index (χ1v) is 6.42. The van der Waals surface area contributed by atoms with Crippen molar-refractivity contribution in [2.24, 2.45) is 0 Å². The molecule has 1 rings (SSSR count). The monoisotopic (exact) mass is 284 g/mol. The van der Waals surface area contributed by atoms with Crippen LogP contribution in [0.15, 0.2) is 22.8 Å². The third-order valence-electron chi connectivity index (χ3n) is 2.32. The zero-order chi connectivity index (χ0) is 12.0. The number of allylic oxidation sites excluding steroid dienone is 2. The van der Waals surface area contributed by atoms with Crippen molar-refractivity contribution in [3.8, 4) is 0 Å². The van der Waals surface area contributed by atoms with E-state index in [-0.39, 0.29) is 5.78 Å². The molecule has 16 heavy (non-hydrogen) atoms. The van der Waals surface area contributed by atoms with Crippen molar-refractivity contribution in [2.45, 2.75) is 39.7 Å². The van der Waals surface area contributed by atoms with Crippen LogP contribution in [0.5, 0.6) is 0 Å². The van der Waals surface area contributed by atoms with Gasteiger partial charge in [-0.1, -0.05) is 25.8 Å². The van der Waals surface area contributed by atoms with E-state index in [0.717, 1.165) is 23.7 Å². The van der Waals surface area contributed by atoms with Crippen LogP contribution in [0.3, 0.4) is 0 Å². The van der Waals surface area contributed by atoms with Crippen LogP contribution >= 0.6 is 15.9 Å². The van der Waals surface area contributed by atoms with Gasteiger partial charge in [-0.2, -0.15) is 5.10 Å². The number of halogens is 1. The Balaban J connectivity index is 2.72. The molecule has 0 aliphatic carbocycles. The van der Waals surface area contributed by atoms with Crippen molar-refractivity contribution in [3.63, 3.8) is 0 Å². The number of aromatic nitrogens is 2. The van der Waals surface area contributed by atoms with Crippen LogP contribution in [-0.2, 0) is 6.54 Å². The molecule has 0 unspecified atom stereocenters. The van der Waals surface area contributed by atoms with Gasteiger partial charge in [0.05, 0.1) is 10.7 Å². The lowest BCUT2D eigenvalue weighted by atomic mass is 10.2. The Morgan fingerprint density at radius 1 is 1.56 bits per heavy atom. The maximum Gasteiger partial charge on any atom is 0.204 e. The van der Waals surface area contributed by atoms with E-state index in [2.05, 4.69) is 28.0 Å². The van der Waals surface area contributed by atoms with Crippen LogP contribution in [0.1, 0.15) is 43.6 Å². The molecule has 0 spiro atoms. The third kappa shape index (κ3) is 3.30. The average Bonchev–Trinajstić information content (AvgIpc) is 2.65. The molecular weight excluding hydrogens is 268 g/mol. The van der Waals surface area contributed by atoms with E-state index in [1.54, 1.807) is 17.0 Å². The molecule has 1 aromatic rings. The number of nitrogens with zero attached hydrogens (tertiary/aromatic N) is 2. The van der Waals surface area contributed by atoms with Crippen LogP contribution in [0.25, 0.3) is 0 Å². The van der Waals surface area contributed by atoms with Crippen molar-refractivity contribution < 1.29 is 4.79 Å². The summed E-state index contributed by atoms with van der Waals surface area (Å²) < 4.78 is 2.47. The number of carbonyl (C=O) groups is 1. The van der Waals surface area contributed by atoms with Gasteiger partial charge in [-0.3, -0.25) is 9.48 Å². The molecule has 1 heterocycles. The van der Waals surface area contributed by atoms with Crippen LogP contribution in [-0.4, -0.2) is 15.6 Å². The molecule has 0 aliphatic rings. The second-order valence-electron chi connectivity index (χ2n) is 3.57. The molecular formula is C12H17BrN2O. The summed E-state index contributed by atoms with van der Waals surface area (Å²) in [4.78, 5) is 11.9. The first-order chi connectivity index (χ1) is 7.70. The number of hydrogen-bond acceptors (Lipinski definition) is 2.